The Labute approximate surface area is 200 Å². The van der Waals surface area contributed by atoms with Crippen LogP contribution in [0.25, 0.3) is 10.9 Å². The second-order valence-electron chi connectivity index (χ2n) is 9.25. The fourth-order valence-electron chi connectivity index (χ4n) is 5.19. The van der Waals surface area contributed by atoms with Crippen molar-refractivity contribution in [1.29, 1.82) is 5.26 Å². The number of nitrogens with one attached hydrogen (secondary N) is 1. The first kappa shape index (κ1) is 22.4. The van der Waals surface area contributed by atoms with Crippen molar-refractivity contribution in [2.45, 2.75) is 38.0 Å². The maximum atomic E-state index is 9.48. The van der Waals surface area contributed by atoms with Gasteiger partial charge in [0.25, 0.3) is 0 Å². The second-order valence-corrected chi connectivity index (χ2v) is 9.25. The van der Waals surface area contributed by atoms with Crippen LogP contribution in [-0.2, 0) is 4.74 Å². The summed E-state index contributed by atoms with van der Waals surface area (Å²) >= 11 is 0. The Hall–Kier alpha value is -3.41. The van der Waals surface area contributed by atoms with Gasteiger partial charge >= 0.3 is 0 Å². The van der Waals surface area contributed by atoms with Crippen LogP contribution in [0.4, 0.5) is 17.2 Å². The smallest absolute Gasteiger partial charge is 0.125 e. The molecule has 1 aromatic carbocycles. The molecular formula is C26H31N7O. The predicted octanol–water partition coefficient (Wildman–Crippen LogP) is 2.94. The van der Waals surface area contributed by atoms with Gasteiger partial charge in [-0.15, -0.1) is 0 Å². The molecule has 5 rings (SSSR count). The average Bonchev–Trinajstić information content (AvgIpc) is 2.86. The molecule has 0 radical (unpaired) electrons. The molecule has 176 valence electrons. The molecule has 2 aliphatic rings. The minimum absolute atomic E-state index is 0.0815. The van der Waals surface area contributed by atoms with Crippen LogP contribution >= 0.6 is 0 Å². The van der Waals surface area contributed by atoms with Crippen LogP contribution in [0.1, 0.15) is 25.3 Å². The molecule has 2 fully saturated rings. The zero-order valence-electron chi connectivity index (χ0n) is 19.5. The molecule has 34 heavy (non-hydrogen) atoms. The lowest BCUT2D eigenvalue weighted by Crippen LogP contribution is -2.53. The predicted molar refractivity (Wildman–Crippen MR) is 135 cm³/mol. The molecule has 2 aliphatic heterocycles. The lowest BCUT2D eigenvalue weighted by atomic mass is 10.0. The van der Waals surface area contributed by atoms with Crippen molar-refractivity contribution < 1.29 is 4.74 Å². The quantitative estimate of drug-likeness (QED) is 0.603. The molecule has 2 saturated heterocycles. The number of nitrogens with two attached hydrogens (primary N) is 1. The van der Waals surface area contributed by atoms with E-state index in [1.807, 2.05) is 36.4 Å². The maximum Gasteiger partial charge on any atom is 0.125 e. The fourth-order valence-corrected chi connectivity index (χ4v) is 5.19. The van der Waals surface area contributed by atoms with Crippen LogP contribution < -0.4 is 20.9 Å². The number of piperidine rings is 1. The van der Waals surface area contributed by atoms with Gasteiger partial charge in [-0.25, -0.2) is 4.98 Å². The van der Waals surface area contributed by atoms with Crippen molar-refractivity contribution >= 4 is 28.1 Å². The average molecular weight is 458 g/mol. The summed E-state index contributed by atoms with van der Waals surface area (Å²) in [5.41, 5.74) is 9.50. The molecule has 0 amide bonds. The number of rotatable bonds is 5. The number of aromatic nitrogens is 2. The second kappa shape index (κ2) is 9.84. The number of nitriles is 1. The number of ether oxygens (including phenoxy) is 1. The van der Waals surface area contributed by atoms with E-state index in [1.54, 1.807) is 12.4 Å². The summed E-state index contributed by atoms with van der Waals surface area (Å²) in [6.07, 6.45) is 6.00. The maximum absolute atomic E-state index is 9.48. The number of anilines is 3. The Morgan fingerprint density at radius 1 is 1.15 bits per heavy atom. The van der Waals surface area contributed by atoms with Gasteiger partial charge in [-0.2, -0.15) is 5.26 Å². The van der Waals surface area contributed by atoms with E-state index >= 15 is 0 Å². The Kier molecular flexibility index (Phi) is 6.48. The highest BCUT2D eigenvalue weighted by atomic mass is 16.5. The third kappa shape index (κ3) is 4.76. The molecule has 0 bridgehead atoms. The first-order valence-electron chi connectivity index (χ1n) is 12.0. The van der Waals surface area contributed by atoms with Crippen molar-refractivity contribution in [3.05, 3.63) is 54.4 Å². The van der Waals surface area contributed by atoms with Crippen molar-refractivity contribution in [3.8, 4) is 6.07 Å². The molecule has 0 saturated carbocycles. The lowest BCUT2D eigenvalue weighted by molar-refractivity contribution is -0.0159. The third-order valence-corrected chi connectivity index (χ3v) is 6.72. The van der Waals surface area contributed by atoms with E-state index in [-0.39, 0.29) is 12.2 Å². The number of nitrogens with zero attached hydrogens (tertiary/aromatic N) is 5. The highest BCUT2D eigenvalue weighted by Gasteiger charge is 2.28. The number of pyridine rings is 2. The van der Waals surface area contributed by atoms with E-state index in [4.69, 9.17) is 10.5 Å². The Morgan fingerprint density at radius 2 is 2.06 bits per heavy atom. The molecule has 0 unspecified atom stereocenters. The van der Waals surface area contributed by atoms with Gasteiger partial charge in [0.15, 0.2) is 0 Å². The third-order valence-electron chi connectivity index (χ3n) is 6.72. The molecule has 8 nitrogen and oxygen atoms in total. The SMILES string of the molecule is C[C@@H]1CN(c2ccc(C#N)c3ncccc23)C[C@H](CN[C@H]2CCCN(c3ccnc(N)c3)C2)O1. The zero-order chi connectivity index (χ0) is 23.5. The van der Waals surface area contributed by atoms with Gasteiger partial charge < -0.3 is 25.6 Å². The summed E-state index contributed by atoms with van der Waals surface area (Å²) in [7, 11) is 0. The van der Waals surface area contributed by atoms with Crippen LogP contribution in [0.5, 0.6) is 0 Å². The van der Waals surface area contributed by atoms with Gasteiger partial charge in [-0.05, 0) is 50.1 Å². The highest BCUT2D eigenvalue weighted by molar-refractivity contribution is 5.95. The van der Waals surface area contributed by atoms with Crippen LogP contribution in [0.2, 0.25) is 0 Å². The summed E-state index contributed by atoms with van der Waals surface area (Å²) in [5.74, 6) is 0.558. The normalized spacial score (nSPS) is 23.1. The Morgan fingerprint density at radius 3 is 2.91 bits per heavy atom. The molecule has 0 spiro atoms. The van der Waals surface area contributed by atoms with E-state index in [9.17, 15) is 5.26 Å². The monoisotopic (exact) mass is 457 g/mol. The van der Waals surface area contributed by atoms with E-state index in [0.717, 1.165) is 67.8 Å². The Bertz CT molecular complexity index is 1190. The number of morpholine rings is 1. The van der Waals surface area contributed by atoms with E-state index in [1.165, 1.54) is 0 Å². The number of hydrogen-bond acceptors (Lipinski definition) is 8. The van der Waals surface area contributed by atoms with Crippen molar-refractivity contribution in [1.82, 2.24) is 15.3 Å². The molecule has 4 heterocycles. The molecular weight excluding hydrogens is 426 g/mol. The van der Waals surface area contributed by atoms with Gasteiger partial charge in [0, 0.05) is 74.0 Å². The van der Waals surface area contributed by atoms with Crippen LogP contribution in [-0.4, -0.2) is 60.9 Å². The molecule has 0 aliphatic carbocycles. The van der Waals surface area contributed by atoms with Gasteiger partial charge in [0.05, 0.1) is 23.3 Å². The van der Waals surface area contributed by atoms with Gasteiger partial charge in [-0.1, -0.05) is 0 Å². The zero-order valence-corrected chi connectivity index (χ0v) is 19.5. The molecule has 2 aromatic heterocycles. The van der Waals surface area contributed by atoms with E-state index in [0.29, 0.717) is 17.4 Å². The van der Waals surface area contributed by atoms with E-state index in [2.05, 4.69) is 38.1 Å². The minimum Gasteiger partial charge on any atom is -0.384 e. The summed E-state index contributed by atoms with van der Waals surface area (Å²) in [5, 5.41) is 14.2. The van der Waals surface area contributed by atoms with E-state index < -0.39 is 0 Å². The molecule has 3 atom stereocenters. The summed E-state index contributed by atoms with van der Waals surface area (Å²) < 4.78 is 6.30. The van der Waals surface area contributed by atoms with Crippen molar-refractivity contribution in [3.63, 3.8) is 0 Å². The number of hydrogen-bond donors (Lipinski definition) is 2. The van der Waals surface area contributed by atoms with Crippen LogP contribution in [0.15, 0.2) is 48.8 Å². The summed E-state index contributed by atoms with van der Waals surface area (Å²) in [6, 6.07) is 14.5. The topological polar surface area (TPSA) is 103 Å². The largest absolute Gasteiger partial charge is 0.384 e. The Balaban J connectivity index is 1.25. The van der Waals surface area contributed by atoms with Crippen molar-refractivity contribution in [2.75, 3.05) is 48.3 Å². The lowest BCUT2D eigenvalue weighted by Gasteiger charge is -2.40. The molecule has 3 N–H and O–H groups in total. The van der Waals surface area contributed by atoms with Crippen molar-refractivity contribution in [2.24, 2.45) is 0 Å². The number of nitrogen functional groups attached to an aromatic ring is 1. The van der Waals surface area contributed by atoms with Crippen LogP contribution in [0, 0.1) is 11.3 Å². The van der Waals surface area contributed by atoms with Gasteiger partial charge in [0.2, 0.25) is 0 Å². The van der Waals surface area contributed by atoms with Gasteiger partial charge in [0.1, 0.15) is 11.9 Å². The minimum atomic E-state index is 0.0815. The first-order valence-corrected chi connectivity index (χ1v) is 12.0. The van der Waals surface area contributed by atoms with Gasteiger partial charge in [-0.3, -0.25) is 4.98 Å². The number of benzene rings is 1. The first-order chi connectivity index (χ1) is 16.6. The highest BCUT2D eigenvalue weighted by Crippen LogP contribution is 2.30. The fraction of sp³-hybridized carbons (Fsp3) is 0.423. The van der Waals surface area contributed by atoms with Crippen LogP contribution in [0.3, 0.4) is 0 Å². The summed E-state index contributed by atoms with van der Waals surface area (Å²) in [4.78, 5) is 13.3. The summed E-state index contributed by atoms with van der Waals surface area (Å²) in [6.45, 7) is 6.51. The standard InChI is InChI=1S/C26H31N7O/c1-18-15-33(24-7-6-19(13-27)26-23(24)5-2-9-30-26)17-22(34-18)14-31-20-4-3-11-32(16-20)21-8-10-29-25(28)12-21/h2,5-10,12,18,20,22,31H,3-4,11,14-17H2,1H3,(H2,28,29)/t18-,20+,22+/m1/s1. The molecule has 8 heteroatoms. The molecule has 3 aromatic rings. The number of fused-ring (bicyclic) bond motifs is 1.